The van der Waals surface area contributed by atoms with Gasteiger partial charge in [-0.3, -0.25) is 0 Å². The molecule has 0 amide bonds. The van der Waals surface area contributed by atoms with Crippen LogP contribution in [0.1, 0.15) is 38.3 Å². The average Bonchev–Trinajstić information content (AvgIpc) is 2.92. The molecule has 2 rings (SSSR count). The quantitative estimate of drug-likeness (QED) is 0.440. The minimum Gasteiger partial charge on any atom is -0.380 e. The van der Waals surface area contributed by atoms with Crippen LogP contribution in [-0.4, -0.2) is 47.0 Å². The molecule has 1 aliphatic heterocycles. The van der Waals surface area contributed by atoms with Crippen LogP contribution in [0.25, 0.3) is 0 Å². The van der Waals surface area contributed by atoms with Gasteiger partial charge in [-0.05, 0) is 26.7 Å². The monoisotopic (exact) mass is 294 g/mol. The molecule has 1 aliphatic rings. The van der Waals surface area contributed by atoms with Gasteiger partial charge in [-0.25, -0.2) is 4.99 Å². The van der Waals surface area contributed by atoms with Crippen LogP contribution in [0.3, 0.4) is 0 Å². The Labute approximate surface area is 126 Å². The number of ether oxygens (including phenoxy) is 1. The Hall–Kier alpha value is -1.63. The molecule has 0 unspecified atom stereocenters. The third-order valence-corrected chi connectivity index (χ3v) is 3.40. The Balaban J connectivity index is 1.90. The first-order valence-electron chi connectivity index (χ1n) is 7.86. The number of aromatic nitrogens is 3. The molecule has 2 N–H and O–H groups in total. The van der Waals surface area contributed by atoms with Crippen molar-refractivity contribution < 1.29 is 4.74 Å². The molecule has 0 aliphatic carbocycles. The van der Waals surface area contributed by atoms with Gasteiger partial charge >= 0.3 is 0 Å². The largest absolute Gasteiger partial charge is 0.380 e. The molecule has 0 fully saturated rings. The number of fused-ring (bicyclic) bond motifs is 1. The lowest BCUT2D eigenvalue weighted by molar-refractivity contribution is 0.152. The van der Waals surface area contributed by atoms with Gasteiger partial charge < -0.3 is 19.9 Å². The lowest BCUT2D eigenvalue weighted by atomic mass is 10.2. The number of rotatable bonds is 7. The summed E-state index contributed by atoms with van der Waals surface area (Å²) in [6.45, 7) is 8.61. The minimum absolute atomic E-state index is 0.553. The number of aliphatic imine (C=N–C) groups is 1. The highest BCUT2D eigenvalue weighted by molar-refractivity contribution is 5.79. The molecule has 1 aromatic heterocycles. The van der Waals surface area contributed by atoms with Gasteiger partial charge in [-0.15, -0.1) is 10.2 Å². The molecular formula is C14H26N6O. The Morgan fingerprint density at radius 1 is 1.29 bits per heavy atom. The first kappa shape index (κ1) is 15.8. The Bertz CT molecular complexity index is 456. The number of nitrogens with one attached hydrogen (secondary N) is 2. The van der Waals surface area contributed by atoms with Crippen molar-refractivity contribution in [2.45, 2.75) is 46.2 Å². The van der Waals surface area contributed by atoms with Crippen molar-refractivity contribution >= 4 is 5.96 Å². The maximum absolute atomic E-state index is 5.32. The van der Waals surface area contributed by atoms with Crippen molar-refractivity contribution in [1.82, 2.24) is 25.4 Å². The lowest BCUT2D eigenvalue weighted by Gasteiger charge is -2.14. The summed E-state index contributed by atoms with van der Waals surface area (Å²) in [5, 5.41) is 15.0. The third kappa shape index (κ3) is 4.70. The molecule has 0 spiro atoms. The van der Waals surface area contributed by atoms with E-state index in [1.54, 1.807) is 0 Å². The van der Waals surface area contributed by atoms with Crippen molar-refractivity contribution in [1.29, 1.82) is 0 Å². The first-order valence-corrected chi connectivity index (χ1v) is 7.86. The van der Waals surface area contributed by atoms with E-state index in [1.165, 1.54) is 12.8 Å². The van der Waals surface area contributed by atoms with E-state index in [4.69, 9.17) is 4.74 Å². The average molecular weight is 294 g/mol. The second-order valence-electron chi connectivity index (χ2n) is 4.96. The van der Waals surface area contributed by atoms with Crippen molar-refractivity contribution in [3.63, 3.8) is 0 Å². The predicted molar refractivity (Wildman–Crippen MR) is 82.3 cm³/mol. The van der Waals surface area contributed by atoms with Crippen LogP contribution in [0.4, 0.5) is 0 Å². The van der Waals surface area contributed by atoms with Crippen LogP contribution in [0, 0.1) is 0 Å². The Morgan fingerprint density at radius 3 is 3.00 bits per heavy atom. The fourth-order valence-corrected chi connectivity index (χ4v) is 2.36. The highest BCUT2D eigenvalue weighted by Crippen LogP contribution is 2.14. The molecule has 21 heavy (non-hydrogen) atoms. The van der Waals surface area contributed by atoms with Gasteiger partial charge in [0, 0.05) is 32.7 Å². The summed E-state index contributed by atoms with van der Waals surface area (Å²) < 4.78 is 7.52. The highest BCUT2D eigenvalue weighted by Gasteiger charge is 2.15. The van der Waals surface area contributed by atoms with Gasteiger partial charge in [0.2, 0.25) is 0 Å². The summed E-state index contributed by atoms with van der Waals surface area (Å²) >= 11 is 0. The van der Waals surface area contributed by atoms with E-state index < -0.39 is 0 Å². The first-order chi connectivity index (χ1) is 10.3. The maximum atomic E-state index is 5.32. The highest BCUT2D eigenvalue weighted by atomic mass is 16.5. The zero-order chi connectivity index (χ0) is 14.9. The Morgan fingerprint density at radius 2 is 2.19 bits per heavy atom. The van der Waals surface area contributed by atoms with Crippen molar-refractivity contribution in [2.75, 3.05) is 26.3 Å². The van der Waals surface area contributed by atoms with Crippen molar-refractivity contribution in [3.05, 3.63) is 11.6 Å². The van der Waals surface area contributed by atoms with Gasteiger partial charge in [-0.1, -0.05) is 0 Å². The van der Waals surface area contributed by atoms with E-state index in [2.05, 4.69) is 37.3 Å². The molecule has 0 saturated heterocycles. The van der Waals surface area contributed by atoms with Crippen LogP contribution in [0.5, 0.6) is 0 Å². The minimum atomic E-state index is 0.553. The summed E-state index contributed by atoms with van der Waals surface area (Å²) in [5.41, 5.74) is 0. The topological polar surface area (TPSA) is 76.4 Å². The van der Waals surface area contributed by atoms with E-state index in [0.717, 1.165) is 50.3 Å². The van der Waals surface area contributed by atoms with E-state index in [-0.39, 0.29) is 0 Å². The van der Waals surface area contributed by atoms with Gasteiger partial charge in [0.1, 0.15) is 12.4 Å². The molecule has 118 valence electrons. The number of hydrogen-bond acceptors (Lipinski definition) is 4. The SMILES string of the molecule is CCNC(=NCc1nnc2n1CCCC2)NCCOCC. The van der Waals surface area contributed by atoms with Gasteiger partial charge in [-0.2, -0.15) is 0 Å². The molecule has 0 atom stereocenters. The molecule has 0 radical (unpaired) electrons. The Kier molecular flexibility index (Phi) is 6.46. The number of nitrogens with zero attached hydrogens (tertiary/aromatic N) is 4. The van der Waals surface area contributed by atoms with Gasteiger partial charge in [0.15, 0.2) is 11.8 Å². The maximum Gasteiger partial charge on any atom is 0.191 e. The van der Waals surface area contributed by atoms with Crippen LogP contribution < -0.4 is 10.6 Å². The number of aryl methyl sites for hydroxylation is 1. The van der Waals surface area contributed by atoms with Crippen LogP contribution in [0.15, 0.2) is 4.99 Å². The van der Waals surface area contributed by atoms with Crippen molar-refractivity contribution in [3.8, 4) is 0 Å². The number of hydrogen-bond donors (Lipinski definition) is 2. The molecule has 7 heteroatoms. The fraction of sp³-hybridized carbons (Fsp3) is 0.786. The molecule has 0 bridgehead atoms. The molecule has 0 saturated carbocycles. The van der Waals surface area contributed by atoms with E-state index >= 15 is 0 Å². The van der Waals surface area contributed by atoms with Crippen LogP contribution >= 0.6 is 0 Å². The fourth-order valence-electron chi connectivity index (χ4n) is 2.36. The summed E-state index contributed by atoms with van der Waals surface area (Å²) in [6.07, 6.45) is 3.45. The normalized spacial score (nSPS) is 14.9. The summed E-state index contributed by atoms with van der Waals surface area (Å²) in [5.74, 6) is 2.85. The molecule has 0 aromatic carbocycles. The lowest BCUT2D eigenvalue weighted by Crippen LogP contribution is -2.39. The second-order valence-corrected chi connectivity index (χ2v) is 4.96. The third-order valence-electron chi connectivity index (χ3n) is 3.40. The molecule has 2 heterocycles. The predicted octanol–water partition coefficient (Wildman–Crippen LogP) is 0.706. The molecule has 7 nitrogen and oxygen atoms in total. The van der Waals surface area contributed by atoms with Gasteiger partial charge in [0.25, 0.3) is 0 Å². The van der Waals surface area contributed by atoms with E-state index in [0.29, 0.717) is 13.2 Å². The standard InChI is InChI=1S/C14H26N6O/c1-3-15-14(16-8-10-21-4-2)17-11-13-19-18-12-7-5-6-9-20(12)13/h3-11H2,1-2H3,(H2,15,16,17). The smallest absolute Gasteiger partial charge is 0.191 e. The zero-order valence-electron chi connectivity index (χ0n) is 13.1. The summed E-state index contributed by atoms with van der Waals surface area (Å²) in [7, 11) is 0. The summed E-state index contributed by atoms with van der Waals surface area (Å²) in [4.78, 5) is 4.58. The van der Waals surface area contributed by atoms with Crippen LogP contribution in [-0.2, 0) is 24.2 Å². The summed E-state index contributed by atoms with van der Waals surface area (Å²) in [6, 6.07) is 0. The zero-order valence-corrected chi connectivity index (χ0v) is 13.1. The number of guanidine groups is 1. The molecular weight excluding hydrogens is 268 g/mol. The van der Waals surface area contributed by atoms with Gasteiger partial charge in [0.05, 0.1) is 6.61 Å². The van der Waals surface area contributed by atoms with E-state index in [1.807, 2.05) is 6.92 Å². The van der Waals surface area contributed by atoms with E-state index in [9.17, 15) is 0 Å². The van der Waals surface area contributed by atoms with Crippen molar-refractivity contribution in [2.24, 2.45) is 4.99 Å². The molecule has 1 aromatic rings. The van der Waals surface area contributed by atoms with Crippen LogP contribution in [0.2, 0.25) is 0 Å². The second kappa shape index (κ2) is 8.61.